The van der Waals surface area contributed by atoms with Crippen molar-refractivity contribution in [3.05, 3.63) is 30.1 Å². The third kappa shape index (κ3) is 3.14. The van der Waals surface area contributed by atoms with Crippen molar-refractivity contribution < 1.29 is 4.79 Å². The number of nitrogens with zero attached hydrogens (tertiary/aromatic N) is 1. The lowest BCUT2D eigenvalue weighted by Gasteiger charge is -1.95. The van der Waals surface area contributed by atoms with Gasteiger partial charge < -0.3 is 5.32 Å². The highest BCUT2D eigenvalue weighted by atomic mass is 16.1. The van der Waals surface area contributed by atoms with Gasteiger partial charge in [0.25, 0.3) is 5.91 Å². The molecular weight excluding hydrogens is 152 g/mol. The van der Waals surface area contributed by atoms with Crippen LogP contribution in [0.25, 0.3) is 0 Å². The molecule has 1 rings (SSSR count). The number of amides is 1. The molecule has 66 valence electrons. The van der Waals surface area contributed by atoms with Crippen molar-refractivity contribution in [2.24, 2.45) is 0 Å². The Morgan fingerprint density at radius 1 is 1.33 bits per heavy atom. The molecule has 1 amide bonds. The minimum atomic E-state index is -0.0811. The maximum absolute atomic E-state index is 10.9. The van der Waals surface area contributed by atoms with E-state index in [-0.39, 0.29) is 5.91 Å². The zero-order valence-electron chi connectivity index (χ0n) is 7.66. The van der Waals surface area contributed by atoms with Gasteiger partial charge in [-0.15, -0.1) is 0 Å². The number of hydrogen-bond donors (Lipinski definition) is 1. The molecule has 0 aliphatic heterocycles. The first kappa shape index (κ1) is 10.6. The van der Waals surface area contributed by atoms with Gasteiger partial charge in [0, 0.05) is 25.0 Å². The van der Waals surface area contributed by atoms with E-state index in [1.54, 1.807) is 31.6 Å². The van der Waals surface area contributed by atoms with E-state index in [0.29, 0.717) is 5.56 Å². The largest absolute Gasteiger partial charge is 0.355 e. The van der Waals surface area contributed by atoms with Crippen LogP contribution < -0.4 is 5.32 Å². The predicted octanol–water partition coefficient (Wildman–Crippen LogP) is 1.47. The van der Waals surface area contributed by atoms with Gasteiger partial charge >= 0.3 is 0 Å². The SMILES string of the molecule is CC.CNC(=O)c1ccncc1. The van der Waals surface area contributed by atoms with Crippen LogP contribution in [0.15, 0.2) is 24.5 Å². The van der Waals surface area contributed by atoms with Gasteiger partial charge in [-0.05, 0) is 12.1 Å². The second kappa shape index (κ2) is 6.34. The summed E-state index contributed by atoms with van der Waals surface area (Å²) in [4.78, 5) is 14.7. The number of carbonyl (C=O) groups is 1. The smallest absolute Gasteiger partial charge is 0.251 e. The van der Waals surface area contributed by atoms with E-state index < -0.39 is 0 Å². The molecule has 1 aromatic heterocycles. The molecule has 0 bridgehead atoms. The highest BCUT2D eigenvalue weighted by Gasteiger charge is 1.98. The van der Waals surface area contributed by atoms with Crippen molar-refractivity contribution in [1.29, 1.82) is 0 Å². The first-order valence-corrected chi connectivity index (χ1v) is 3.96. The molecule has 0 saturated heterocycles. The Hall–Kier alpha value is -1.38. The fourth-order valence-electron chi connectivity index (χ4n) is 0.648. The van der Waals surface area contributed by atoms with Crippen LogP contribution in [-0.2, 0) is 0 Å². The monoisotopic (exact) mass is 166 g/mol. The van der Waals surface area contributed by atoms with Crippen LogP contribution in [0.2, 0.25) is 0 Å². The Kier molecular flexibility index (Phi) is 5.61. The summed E-state index contributed by atoms with van der Waals surface area (Å²) >= 11 is 0. The third-order valence-electron chi connectivity index (χ3n) is 1.17. The Labute approximate surface area is 72.8 Å². The van der Waals surface area contributed by atoms with Gasteiger partial charge in [0.1, 0.15) is 0 Å². The molecule has 0 aliphatic rings. The molecule has 12 heavy (non-hydrogen) atoms. The van der Waals surface area contributed by atoms with Crippen LogP contribution in [0.5, 0.6) is 0 Å². The number of hydrogen-bond acceptors (Lipinski definition) is 2. The fraction of sp³-hybridized carbons (Fsp3) is 0.333. The van der Waals surface area contributed by atoms with Gasteiger partial charge in [-0.3, -0.25) is 9.78 Å². The molecule has 0 atom stereocenters. The van der Waals surface area contributed by atoms with Gasteiger partial charge in [-0.25, -0.2) is 0 Å². The summed E-state index contributed by atoms with van der Waals surface area (Å²) in [6.07, 6.45) is 3.18. The van der Waals surface area contributed by atoms with E-state index in [1.807, 2.05) is 13.8 Å². The van der Waals surface area contributed by atoms with Crippen LogP contribution in [0, 0.1) is 0 Å². The van der Waals surface area contributed by atoms with E-state index in [1.165, 1.54) is 0 Å². The lowest BCUT2D eigenvalue weighted by molar-refractivity contribution is 0.0963. The molecule has 1 N–H and O–H groups in total. The summed E-state index contributed by atoms with van der Waals surface area (Å²) < 4.78 is 0. The number of nitrogens with one attached hydrogen (secondary N) is 1. The molecule has 3 heteroatoms. The second-order valence-corrected chi connectivity index (χ2v) is 1.82. The predicted molar refractivity (Wildman–Crippen MR) is 49.0 cm³/mol. The zero-order valence-corrected chi connectivity index (χ0v) is 7.66. The normalized spacial score (nSPS) is 7.92. The summed E-state index contributed by atoms with van der Waals surface area (Å²) in [5.41, 5.74) is 0.637. The zero-order chi connectivity index (χ0) is 9.40. The molecule has 0 fully saturated rings. The van der Waals surface area contributed by atoms with Crippen LogP contribution in [0.1, 0.15) is 24.2 Å². The van der Waals surface area contributed by atoms with E-state index in [4.69, 9.17) is 0 Å². The summed E-state index contributed by atoms with van der Waals surface area (Å²) in [6.45, 7) is 4.00. The highest BCUT2D eigenvalue weighted by Crippen LogP contribution is 1.93. The molecule has 1 heterocycles. The summed E-state index contributed by atoms with van der Waals surface area (Å²) in [5, 5.41) is 2.51. The molecule has 1 aromatic rings. The second-order valence-electron chi connectivity index (χ2n) is 1.82. The Bertz CT molecular complexity index is 221. The van der Waals surface area contributed by atoms with Crippen molar-refractivity contribution in [2.75, 3.05) is 7.05 Å². The Morgan fingerprint density at radius 3 is 2.25 bits per heavy atom. The van der Waals surface area contributed by atoms with Gasteiger partial charge in [0.2, 0.25) is 0 Å². The third-order valence-corrected chi connectivity index (χ3v) is 1.17. The molecule has 0 radical (unpaired) electrons. The van der Waals surface area contributed by atoms with Crippen LogP contribution in [0.3, 0.4) is 0 Å². The molecule has 0 spiro atoms. The Balaban J connectivity index is 0.000000561. The van der Waals surface area contributed by atoms with Crippen LogP contribution in [-0.4, -0.2) is 17.9 Å². The van der Waals surface area contributed by atoms with Gasteiger partial charge in [0.05, 0.1) is 0 Å². The van der Waals surface area contributed by atoms with Crippen LogP contribution in [0.4, 0.5) is 0 Å². The summed E-state index contributed by atoms with van der Waals surface area (Å²) in [5.74, 6) is -0.0811. The highest BCUT2D eigenvalue weighted by molar-refractivity contribution is 5.93. The molecule has 0 saturated carbocycles. The average molecular weight is 166 g/mol. The quantitative estimate of drug-likeness (QED) is 0.686. The number of rotatable bonds is 1. The van der Waals surface area contributed by atoms with Gasteiger partial charge in [-0.1, -0.05) is 13.8 Å². The van der Waals surface area contributed by atoms with Crippen molar-refractivity contribution >= 4 is 5.91 Å². The van der Waals surface area contributed by atoms with Crippen molar-refractivity contribution in [3.63, 3.8) is 0 Å². The van der Waals surface area contributed by atoms with E-state index in [9.17, 15) is 4.79 Å². The van der Waals surface area contributed by atoms with E-state index >= 15 is 0 Å². The molecule has 0 unspecified atom stereocenters. The minimum Gasteiger partial charge on any atom is -0.355 e. The van der Waals surface area contributed by atoms with Crippen LogP contribution >= 0.6 is 0 Å². The number of carbonyl (C=O) groups excluding carboxylic acids is 1. The molecular formula is C9H14N2O. The maximum Gasteiger partial charge on any atom is 0.251 e. The first-order chi connectivity index (χ1) is 5.84. The summed E-state index contributed by atoms with van der Waals surface area (Å²) in [6, 6.07) is 3.33. The van der Waals surface area contributed by atoms with Crippen molar-refractivity contribution in [2.45, 2.75) is 13.8 Å². The maximum atomic E-state index is 10.9. The van der Waals surface area contributed by atoms with Gasteiger partial charge in [0.15, 0.2) is 0 Å². The average Bonchev–Trinajstić information content (AvgIpc) is 2.21. The van der Waals surface area contributed by atoms with Crippen molar-refractivity contribution in [3.8, 4) is 0 Å². The lowest BCUT2D eigenvalue weighted by Crippen LogP contribution is -2.17. The fourth-order valence-corrected chi connectivity index (χ4v) is 0.648. The van der Waals surface area contributed by atoms with E-state index in [0.717, 1.165) is 0 Å². The molecule has 0 aliphatic carbocycles. The number of aromatic nitrogens is 1. The molecule has 0 aromatic carbocycles. The first-order valence-electron chi connectivity index (χ1n) is 3.96. The van der Waals surface area contributed by atoms with E-state index in [2.05, 4.69) is 10.3 Å². The minimum absolute atomic E-state index is 0.0811. The van der Waals surface area contributed by atoms with Gasteiger partial charge in [-0.2, -0.15) is 0 Å². The van der Waals surface area contributed by atoms with Crippen molar-refractivity contribution in [1.82, 2.24) is 10.3 Å². The summed E-state index contributed by atoms with van der Waals surface area (Å²) in [7, 11) is 1.60. The number of pyridine rings is 1. The lowest BCUT2D eigenvalue weighted by atomic mass is 10.2. The standard InChI is InChI=1S/C7H8N2O.C2H6/c1-8-7(10)6-2-4-9-5-3-6;1-2/h2-5H,1H3,(H,8,10);1-2H3. The molecule has 3 nitrogen and oxygen atoms in total. The Morgan fingerprint density at radius 2 is 1.83 bits per heavy atom. The topological polar surface area (TPSA) is 42.0 Å².